The zero-order valence-corrected chi connectivity index (χ0v) is 10.6. The van der Waals surface area contributed by atoms with Crippen molar-refractivity contribution in [1.29, 1.82) is 0 Å². The Bertz CT molecular complexity index is 409. The van der Waals surface area contributed by atoms with Crippen LogP contribution < -0.4 is 0 Å². The highest BCUT2D eigenvalue weighted by Crippen LogP contribution is 2.17. The second-order valence-corrected chi connectivity index (χ2v) is 4.85. The van der Waals surface area contributed by atoms with E-state index in [1.54, 1.807) is 33.9 Å². The van der Waals surface area contributed by atoms with Crippen molar-refractivity contribution >= 4 is 5.91 Å². The number of nitrogens with zero attached hydrogens (tertiary/aromatic N) is 1. The van der Waals surface area contributed by atoms with Gasteiger partial charge >= 0.3 is 0 Å². The van der Waals surface area contributed by atoms with E-state index in [1.807, 2.05) is 0 Å². The third-order valence-corrected chi connectivity index (χ3v) is 2.89. The van der Waals surface area contributed by atoms with Crippen LogP contribution in [0.25, 0.3) is 0 Å². The summed E-state index contributed by atoms with van der Waals surface area (Å²) in [6.07, 6.45) is 0. The largest absolute Gasteiger partial charge is 0.394 e. The van der Waals surface area contributed by atoms with Crippen molar-refractivity contribution in [2.24, 2.45) is 0 Å². The van der Waals surface area contributed by atoms with Crippen LogP contribution in [0.4, 0.5) is 4.39 Å². The Labute approximate surface area is 101 Å². The van der Waals surface area contributed by atoms with Crippen molar-refractivity contribution in [3.63, 3.8) is 0 Å². The molecule has 3 nitrogen and oxygen atoms in total. The van der Waals surface area contributed by atoms with E-state index in [0.717, 1.165) is 0 Å². The van der Waals surface area contributed by atoms with E-state index >= 15 is 0 Å². The minimum absolute atomic E-state index is 0.149. The molecule has 17 heavy (non-hydrogen) atoms. The predicted octanol–water partition coefficient (Wildman–Crippen LogP) is 1.98. The maximum Gasteiger partial charge on any atom is 0.254 e. The van der Waals surface area contributed by atoms with Gasteiger partial charge in [0.1, 0.15) is 5.82 Å². The summed E-state index contributed by atoms with van der Waals surface area (Å²) in [6.45, 7) is 5.08. The first kappa shape index (κ1) is 13.6. The van der Waals surface area contributed by atoms with Crippen LogP contribution in [0.15, 0.2) is 18.2 Å². The summed E-state index contributed by atoms with van der Waals surface area (Å²) in [5.41, 5.74) is 0.326. The molecule has 0 aliphatic carbocycles. The van der Waals surface area contributed by atoms with Crippen LogP contribution >= 0.6 is 0 Å². The number of likely N-dealkylation sites (N-methyl/N-ethyl adjacent to an activating group) is 1. The molecular weight excluding hydrogens is 221 g/mol. The number of halogens is 1. The van der Waals surface area contributed by atoms with Gasteiger partial charge in [-0.3, -0.25) is 4.79 Å². The van der Waals surface area contributed by atoms with E-state index < -0.39 is 11.4 Å². The fourth-order valence-corrected chi connectivity index (χ4v) is 1.43. The van der Waals surface area contributed by atoms with Gasteiger partial charge in [-0.05, 0) is 44.5 Å². The molecule has 0 fully saturated rings. The van der Waals surface area contributed by atoms with E-state index in [9.17, 15) is 14.3 Å². The third kappa shape index (κ3) is 3.03. The first-order valence-electron chi connectivity index (χ1n) is 5.44. The van der Waals surface area contributed by atoms with Gasteiger partial charge in [0.2, 0.25) is 0 Å². The third-order valence-electron chi connectivity index (χ3n) is 2.89. The number of aliphatic hydroxyl groups is 1. The summed E-state index contributed by atoms with van der Waals surface area (Å²) in [7, 11) is 1.60. The predicted molar refractivity (Wildman–Crippen MR) is 64.4 cm³/mol. The summed E-state index contributed by atoms with van der Waals surface area (Å²) in [6, 6.07) is 4.21. The highest BCUT2D eigenvalue weighted by Gasteiger charge is 2.27. The van der Waals surface area contributed by atoms with Crippen molar-refractivity contribution in [1.82, 2.24) is 4.90 Å². The number of aliphatic hydroxyl groups excluding tert-OH is 1. The lowest BCUT2D eigenvalue weighted by molar-refractivity contribution is 0.0472. The summed E-state index contributed by atoms with van der Waals surface area (Å²) < 4.78 is 13.2. The Morgan fingerprint density at radius 3 is 2.47 bits per heavy atom. The summed E-state index contributed by atoms with van der Waals surface area (Å²) in [5, 5.41) is 9.20. The first-order valence-corrected chi connectivity index (χ1v) is 5.44. The molecule has 0 aliphatic heterocycles. The molecule has 0 aromatic heterocycles. The number of carbonyl (C=O) groups is 1. The van der Waals surface area contributed by atoms with Gasteiger partial charge < -0.3 is 10.0 Å². The average molecular weight is 239 g/mol. The van der Waals surface area contributed by atoms with Crippen molar-refractivity contribution in [2.75, 3.05) is 13.7 Å². The average Bonchev–Trinajstić information content (AvgIpc) is 2.25. The molecule has 0 saturated carbocycles. The molecule has 0 spiro atoms. The molecule has 0 unspecified atom stereocenters. The van der Waals surface area contributed by atoms with Crippen molar-refractivity contribution < 1.29 is 14.3 Å². The maximum atomic E-state index is 13.2. The van der Waals surface area contributed by atoms with Crippen LogP contribution in [0.1, 0.15) is 29.8 Å². The van der Waals surface area contributed by atoms with E-state index in [-0.39, 0.29) is 12.5 Å². The van der Waals surface area contributed by atoms with Crippen molar-refractivity contribution in [3.8, 4) is 0 Å². The molecule has 1 aromatic carbocycles. The summed E-state index contributed by atoms with van der Waals surface area (Å²) >= 11 is 0. The van der Waals surface area contributed by atoms with E-state index in [2.05, 4.69) is 0 Å². The normalized spacial score (nSPS) is 11.4. The number of hydrogen-bond donors (Lipinski definition) is 1. The monoisotopic (exact) mass is 239 g/mol. The highest BCUT2D eigenvalue weighted by molar-refractivity contribution is 5.94. The van der Waals surface area contributed by atoms with Gasteiger partial charge in [0, 0.05) is 12.6 Å². The molecule has 1 amide bonds. The van der Waals surface area contributed by atoms with Gasteiger partial charge in [-0.2, -0.15) is 0 Å². The topological polar surface area (TPSA) is 40.5 Å². The molecule has 0 aliphatic rings. The Balaban J connectivity index is 3.04. The molecule has 1 rings (SSSR count). The lowest BCUT2D eigenvalue weighted by Gasteiger charge is -2.34. The molecule has 0 radical (unpaired) electrons. The lowest BCUT2D eigenvalue weighted by atomic mass is 10.0. The van der Waals surface area contributed by atoms with Gasteiger partial charge in [-0.25, -0.2) is 4.39 Å². The summed E-state index contributed by atoms with van der Waals surface area (Å²) in [4.78, 5) is 13.5. The van der Waals surface area contributed by atoms with Crippen molar-refractivity contribution in [2.45, 2.75) is 26.3 Å². The van der Waals surface area contributed by atoms with Crippen LogP contribution in [-0.2, 0) is 0 Å². The molecule has 0 heterocycles. The Morgan fingerprint density at radius 1 is 1.41 bits per heavy atom. The van der Waals surface area contributed by atoms with Crippen LogP contribution in [0.5, 0.6) is 0 Å². The van der Waals surface area contributed by atoms with Crippen LogP contribution in [0.2, 0.25) is 0 Å². The second kappa shape index (κ2) is 4.84. The van der Waals surface area contributed by atoms with Gasteiger partial charge in [0.25, 0.3) is 5.91 Å². The summed E-state index contributed by atoms with van der Waals surface area (Å²) in [5.74, 6) is -0.727. The molecule has 0 atom stereocenters. The fraction of sp³-hybridized carbons (Fsp3) is 0.462. The molecular formula is C13H18FNO2. The molecule has 4 heteroatoms. The maximum absolute atomic E-state index is 13.2. The van der Waals surface area contributed by atoms with E-state index in [0.29, 0.717) is 11.1 Å². The first-order chi connectivity index (χ1) is 7.77. The number of carbonyl (C=O) groups excluding carboxylic acids is 1. The molecule has 1 N–H and O–H groups in total. The molecule has 1 aromatic rings. The minimum Gasteiger partial charge on any atom is -0.394 e. The lowest BCUT2D eigenvalue weighted by Crippen LogP contribution is -2.47. The molecule has 0 bridgehead atoms. The SMILES string of the molecule is Cc1cc(F)cc(C(=O)N(C)C(C)(C)CO)c1. The number of aryl methyl sites for hydroxylation is 1. The Morgan fingerprint density at radius 2 is 2.00 bits per heavy atom. The van der Waals surface area contributed by atoms with Crippen LogP contribution in [0.3, 0.4) is 0 Å². The Kier molecular flexibility index (Phi) is 3.88. The minimum atomic E-state index is -0.669. The molecule has 0 saturated heterocycles. The number of hydrogen-bond acceptors (Lipinski definition) is 2. The van der Waals surface area contributed by atoms with Crippen molar-refractivity contribution in [3.05, 3.63) is 35.1 Å². The van der Waals surface area contributed by atoms with Gasteiger partial charge in [-0.1, -0.05) is 0 Å². The van der Waals surface area contributed by atoms with Gasteiger partial charge in [0.05, 0.1) is 12.1 Å². The quantitative estimate of drug-likeness (QED) is 0.876. The Hall–Kier alpha value is -1.42. The zero-order chi connectivity index (χ0) is 13.2. The van der Waals surface area contributed by atoms with E-state index in [1.165, 1.54) is 17.0 Å². The number of rotatable bonds is 3. The van der Waals surface area contributed by atoms with Crippen LogP contribution in [0, 0.1) is 12.7 Å². The van der Waals surface area contributed by atoms with Gasteiger partial charge in [-0.15, -0.1) is 0 Å². The number of benzene rings is 1. The standard InChI is InChI=1S/C13H18FNO2/c1-9-5-10(7-11(14)6-9)12(17)15(4)13(2,3)8-16/h5-7,16H,8H2,1-4H3. The highest BCUT2D eigenvalue weighted by atomic mass is 19.1. The zero-order valence-electron chi connectivity index (χ0n) is 10.6. The fourth-order valence-electron chi connectivity index (χ4n) is 1.43. The van der Waals surface area contributed by atoms with Gasteiger partial charge in [0.15, 0.2) is 0 Å². The number of amides is 1. The molecule has 94 valence electrons. The second-order valence-electron chi connectivity index (χ2n) is 4.85. The van der Waals surface area contributed by atoms with Crippen LogP contribution in [-0.4, -0.2) is 35.1 Å². The smallest absolute Gasteiger partial charge is 0.254 e. The van der Waals surface area contributed by atoms with E-state index in [4.69, 9.17) is 0 Å².